The number of rotatable bonds is 11. The van der Waals surface area contributed by atoms with Crippen molar-refractivity contribution in [2.75, 3.05) is 13.1 Å². The number of carbonyl (C=O) groups excluding carboxylic acids is 3. The van der Waals surface area contributed by atoms with Crippen LogP contribution in [0.4, 0.5) is 0 Å². The summed E-state index contributed by atoms with van der Waals surface area (Å²) in [6.07, 6.45) is 4.68. The summed E-state index contributed by atoms with van der Waals surface area (Å²) in [4.78, 5) is 36.3. The minimum Gasteiger partial charge on any atom is -0.384 e. The Kier molecular flexibility index (Phi) is 10.7. The lowest BCUT2D eigenvalue weighted by Crippen LogP contribution is -2.37. The van der Waals surface area contributed by atoms with Crippen molar-refractivity contribution in [2.24, 2.45) is 5.92 Å². The van der Waals surface area contributed by atoms with Gasteiger partial charge in [0.25, 0.3) is 21.8 Å². The van der Waals surface area contributed by atoms with Gasteiger partial charge < -0.3 is 15.7 Å². The Morgan fingerprint density at radius 1 is 1.00 bits per heavy atom. The monoisotopic (exact) mass is 561 g/mol. The molecule has 3 rings (SSSR count). The number of hydrogen-bond donors (Lipinski definition) is 5. The highest BCUT2D eigenvalue weighted by Gasteiger charge is 2.24. The van der Waals surface area contributed by atoms with Crippen LogP contribution >= 0.6 is 12.6 Å². The first kappa shape index (κ1) is 29.7. The molecule has 0 unspecified atom stereocenters. The number of sulfonamides is 1. The van der Waals surface area contributed by atoms with Gasteiger partial charge in [0.2, 0.25) is 5.91 Å². The number of aliphatic hydroxyl groups is 1. The smallest absolute Gasteiger partial charge is 0.264 e. The zero-order chi connectivity index (χ0) is 27.7. The topological polar surface area (TPSA) is 142 Å². The predicted molar refractivity (Wildman–Crippen MR) is 148 cm³/mol. The average molecular weight is 562 g/mol. The number of nitrogens with one attached hydrogen (secondary N) is 3. The molecule has 4 N–H and O–H groups in total. The van der Waals surface area contributed by atoms with Crippen LogP contribution in [-0.2, 0) is 19.6 Å². The molecule has 0 aromatic heterocycles. The third-order valence-corrected chi connectivity index (χ3v) is 8.60. The molecule has 1 aliphatic rings. The van der Waals surface area contributed by atoms with E-state index >= 15 is 0 Å². The number of amides is 3. The zero-order valence-corrected chi connectivity index (χ0v) is 23.1. The van der Waals surface area contributed by atoms with E-state index in [1.807, 2.05) is 4.72 Å². The Morgan fingerprint density at radius 3 is 2.32 bits per heavy atom. The van der Waals surface area contributed by atoms with E-state index in [0.717, 1.165) is 12.8 Å². The van der Waals surface area contributed by atoms with Gasteiger partial charge in [-0.2, -0.15) is 12.6 Å². The summed E-state index contributed by atoms with van der Waals surface area (Å²) >= 11 is 4.65. The first-order valence-electron chi connectivity index (χ1n) is 12.8. The van der Waals surface area contributed by atoms with Crippen molar-refractivity contribution < 1.29 is 27.9 Å². The van der Waals surface area contributed by atoms with Crippen molar-refractivity contribution >= 4 is 40.4 Å². The van der Waals surface area contributed by atoms with Crippen molar-refractivity contribution in [3.05, 3.63) is 54.1 Å². The minimum atomic E-state index is -4.23. The van der Waals surface area contributed by atoms with Crippen LogP contribution in [0.5, 0.6) is 0 Å². The molecule has 0 heterocycles. The standard InChI is InChI=1S/C27H35N3O6S2/c1-18(31)26(33)30-38(35,36)24-10-6-5-9-22(24)19-11-13-21(14-12-19)27(34)28-16-15-25(32)29-17-23(37)20-7-3-2-4-8-20/h5-6,9-14,18,20,23,31,37H,2-4,7-8,15-17H2,1H3,(H,28,34)(H,29,32)(H,30,33)/t18-,23-/m0/s1. The molecule has 1 fully saturated rings. The molecule has 2 aromatic carbocycles. The zero-order valence-electron chi connectivity index (χ0n) is 21.4. The van der Waals surface area contributed by atoms with Gasteiger partial charge in [0.05, 0.1) is 4.90 Å². The molecule has 0 spiro atoms. The second kappa shape index (κ2) is 13.8. The Bertz CT molecular complexity index is 1230. The maximum Gasteiger partial charge on any atom is 0.264 e. The number of benzene rings is 2. The molecule has 2 aromatic rings. The van der Waals surface area contributed by atoms with E-state index in [2.05, 4.69) is 23.3 Å². The third kappa shape index (κ3) is 8.31. The van der Waals surface area contributed by atoms with Gasteiger partial charge in [-0.05, 0) is 49.4 Å². The molecule has 2 atom stereocenters. The second-order valence-corrected chi connectivity index (χ2v) is 11.8. The molecule has 9 nitrogen and oxygen atoms in total. The maximum atomic E-state index is 12.7. The first-order valence-corrected chi connectivity index (χ1v) is 14.8. The fraction of sp³-hybridized carbons (Fsp3) is 0.444. The van der Waals surface area contributed by atoms with Gasteiger partial charge in [-0.15, -0.1) is 0 Å². The van der Waals surface area contributed by atoms with E-state index in [1.165, 1.54) is 38.3 Å². The van der Waals surface area contributed by atoms with Crippen LogP contribution in [0.1, 0.15) is 55.8 Å². The summed E-state index contributed by atoms with van der Waals surface area (Å²) in [5.74, 6) is -1.000. The molecule has 3 amide bonds. The van der Waals surface area contributed by atoms with Crippen molar-refractivity contribution in [1.29, 1.82) is 0 Å². The fourth-order valence-electron chi connectivity index (χ4n) is 4.40. The number of aliphatic hydroxyl groups excluding tert-OH is 1. The van der Waals surface area contributed by atoms with E-state index in [1.54, 1.807) is 36.4 Å². The molecule has 1 aliphatic carbocycles. The highest BCUT2D eigenvalue weighted by molar-refractivity contribution is 7.90. The van der Waals surface area contributed by atoms with Gasteiger partial charge >= 0.3 is 0 Å². The Hall–Kier alpha value is -2.89. The maximum absolute atomic E-state index is 12.7. The molecule has 0 bridgehead atoms. The molecule has 38 heavy (non-hydrogen) atoms. The second-order valence-electron chi connectivity index (χ2n) is 9.49. The molecular formula is C27H35N3O6S2. The highest BCUT2D eigenvalue weighted by atomic mass is 32.2. The van der Waals surface area contributed by atoms with Gasteiger partial charge in [-0.1, -0.05) is 49.6 Å². The van der Waals surface area contributed by atoms with Gasteiger partial charge in [0.15, 0.2) is 0 Å². The summed E-state index contributed by atoms with van der Waals surface area (Å²) in [5.41, 5.74) is 1.20. The van der Waals surface area contributed by atoms with Crippen LogP contribution < -0.4 is 15.4 Å². The number of thiol groups is 1. The van der Waals surface area contributed by atoms with Gasteiger partial charge in [-0.25, -0.2) is 13.1 Å². The Labute approximate surface area is 229 Å². The SMILES string of the molecule is C[C@H](O)C(=O)NS(=O)(=O)c1ccccc1-c1ccc(C(=O)NCCC(=O)NC[C@H](S)C2CCCCC2)cc1. The van der Waals surface area contributed by atoms with Gasteiger partial charge in [0, 0.05) is 35.9 Å². The van der Waals surface area contributed by atoms with Crippen LogP contribution in [-0.4, -0.2) is 55.7 Å². The molecule has 0 aliphatic heterocycles. The van der Waals surface area contributed by atoms with Crippen LogP contribution in [0, 0.1) is 5.92 Å². The van der Waals surface area contributed by atoms with Crippen LogP contribution in [0.3, 0.4) is 0 Å². The molecule has 0 radical (unpaired) electrons. The average Bonchev–Trinajstić information content (AvgIpc) is 2.92. The molecule has 206 valence electrons. The highest BCUT2D eigenvalue weighted by Crippen LogP contribution is 2.29. The molecule has 1 saturated carbocycles. The van der Waals surface area contributed by atoms with Crippen LogP contribution in [0.15, 0.2) is 53.4 Å². The molecule has 0 saturated heterocycles. The van der Waals surface area contributed by atoms with Gasteiger partial charge in [0.1, 0.15) is 6.10 Å². The van der Waals surface area contributed by atoms with Crippen molar-refractivity contribution in [3.63, 3.8) is 0 Å². The van der Waals surface area contributed by atoms with E-state index in [9.17, 15) is 27.9 Å². The summed E-state index contributed by atoms with van der Waals surface area (Å²) in [6.45, 7) is 1.86. The first-order chi connectivity index (χ1) is 18.1. The minimum absolute atomic E-state index is 0.135. The Balaban J connectivity index is 1.54. The summed E-state index contributed by atoms with van der Waals surface area (Å²) in [5, 5.41) is 15.1. The summed E-state index contributed by atoms with van der Waals surface area (Å²) in [7, 11) is -4.23. The van der Waals surface area contributed by atoms with Crippen LogP contribution in [0.2, 0.25) is 0 Å². The number of carbonyl (C=O) groups is 3. The molecular weight excluding hydrogens is 526 g/mol. The van der Waals surface area contributed by atoms with Gasteiger partial charge in [-0.3, -0.25) is 14.4 Å². The quantitative estimate of drug-likeness (QED) is 0.267. The largest absolute Gasteiger partial charge is 0.384 e. The third-order valence-electron chi connectivity index (χ3n) is 6.59. The number of hydrogen-bond acceptors (Lipinski definition) is 7. The van der Waals surface area contributed by atoms with E-state index in [0.29, 0.717) is 29.2 Å². The normalized spacial score (nSPS) is 15.8. The summed E-state index contributed by atoms with van der Waals surface area (Å²) in [6, 6.07) is 12.4. The van der Waals surface area contributed by atoms with Crippen molar-refractivity contribution in [3.8, 4) is 11.1 Å². The lowest BCUT2D eigenvalue weighted by atomic mass is 9.86. The van der Waals surface area contributed by atoms with Crippen molar-refractivity contribution in [2.45, 2.75) is 61.7 Å². The van der Waals surface area contributed by atoms with Crippen molar-refractivity contribution in [1.82, 2.24) is 15.4 Å². The fourth-order valence-corrected chi connectivity index (χ4v) is 6.07. The predicted octanol–water partition coefficient (Wildman–Crippen LogP) is 2.65. The Morgan fingerprint density at radius 2 is 1.66 bits per heavy atom. The molecule has 11 heteroatoms. The lowest BCUT2D eigenvalue weighted by Gasteiger charge is -2.27. The lowest BCUT2D eigenvalue weighted by molar-refractivity contribution is -0.126. The summed E-state index contributed by atoms with van der Waals surface area (Å²) < 4.78 is 27.3. The van der Waals surface area contributed by atoms with Crippen LogP contribution in [0.25, 0.3) is 11.1 Å². The van der Waals surface area contributed by atoms with E-state index < -0.39 is 22.0 Å². The van der Waals surface area contributed by atoms with E-state index in [-0.39, 0.29) is 34.9 Å². The van der Waals surface area contributed by atoms with E-state index in [4.69, 9.17) is 0 Å².